The maximum Gasteiger partial charge on any atom is 0.264 e. The third-order valence-electron chi connectivity index (χ3n) is 4.03. The van der Waals surface area contributed by atoms with E-state index in [1.807, 2.05) is 60.0 Å². The van der Waals surface area contributed by atoms with E-state index in [1.165, 1.54) is 11.3 Å². The molecule has 0 aliphatic heterocycles. The fraction of sp³-hybridized carbons (Fsp3) is 0. The second-order valence-corrected chi connectivity index (χ2v) is 6.45. The first-order valence-electron chi connectivity index (χ1n) is 7.72. The molecule has 0 aliphatic carbocycles. The average molecular weight is 345 g/mol. The number of aromatic nitrogens is 3. The van der Waals surface area contributed by atoms with E-state index in [-0.39, 0.29) is 5.56 Å². The van der Waals surface area contributed by atoms with Gasteiger partial charge in [-0.05, 0) is 17.7 Å². The van der Waals surface area contributed by atoms with Crippen LogP contribution in [-0.4, -0.2) is 15.0 Å². The molecule has 0 aliphatic rings. The minimum Gasteiger partial charge on any atom is -0.434 e. The zero-order valence-corrected chi connectivity index (χ0v) is 13.7. The zero-order valence-electron chi connectivity index (χ0n) is 12.9. The summed E-state index contributed by atoms with van der Waals surface area (Å²) in [6.45, 7) is 0. The summed E-state index contributed by atoms with van der Waals surface area (Å²) in [5, 5.41) is 2.55. The Morgan fingerprint density at radius 3 is 2.60 bits per heavy atom. The summed E-state index contributed by atoms with van der Waals surface area (Å²) >= 11 is 1.44. The van der Waals surface area contributed by atoms with Gasteiger partial charge in [0.1, 0.15) is 10.3 Å². The maximum absolute atomic E-state index is 12.7. The van der Waals surface area contributed by atoms with Gasteiger partial charge in [-0.15, -0.1) is 11.3 Å². The lowest BCUT2D eigenvalue weighted by atomic mass is 10.1. The van der Waals surface area contributed by atoms with E-state index in [0.717, 1.165) is 16.6 Å². The second kappa shape index (κ2) is 5.39. The first-order valence-corrected chi connectivity index (χ1v) is 8.60. The number of thiophene rings is 1. The van der Waals surface area contributed by atoms with Crippen LogP contribution in [0.3, 0.4) is 0 Å². The molecule has 120 valence electrons. The molecule has 0 amide bonds. The number of rotatable bonds is 2. The molecule has 0 saturated carbocycles. The van der Waals surface area contributed by atoms with Crippen LogP contribution >= 0.6 is 11.3 Å². The first-order chi connectivity index (χ1) is 12.3. The lowest BCUT2D eigenvalue weighted by Crippen LogP contribution is -2.09. The maximum atomic E-state index is 12.7. The molecule has 0 spiro atoms. The fourth-order valence-corrected chi connectivity index (χ4v) is 3.80. The van der Waals surface area contributed by atoms with E-state index >= 15 is 0 Å². The number of oxazole rings is 1. The molecule has 6 heteroatoms. The molecule has 5 nitrogen and oxygen atoms in total. The Morgan fingerprint density at radius 2 is 1.76 bits per heavy atom. The molecule has 0 bridgehead atoms. The molecule has 3 aromatic heterocycles. The van der Waals surface area contributed by atoms with Crippen LogP contribution in [0.15, 0.2) is 69.2 Å². The number of benzene rings is 2. The average Bonchev–Trinajstić information content (AvgIpc) is 3.26. The number of para-hydroxylation sites is 2. The normalized spacial score (nSPS) is 11.4. The Labute approximate surface area is 145 Å². The van der Waals surface area contributed by atoms with Crippen molar-refractivity contribution >= 4 is 32.7 Å². The van der Waals surface area contributed by atoms with E-state index in [1.54, 1.807) is 0 Å². The van der Waals surface area contributed by atoms with Crippen molar-refractivity contribution in [1.29, 1.82) is 0 Å². The molecule has 0 fully saturated rings. The van der Waals surface area contributed by atoms with Crippen molar-refractivity contribution in [2.24, 2.45) is 0 Å². The van der Waals surface area contributed by atoms with E-state index in [9.17, 15) is 4.79 Å². The zero-order chi connectivity index (χ0) is 16.8. The number of hydrogen-bond donors (Lipinski definition) is 1. The van der Waals surface area contributed by atoms with Gasteiger partial charge in [0.15, 0.2) is 11.4 Å². The Morgan fingerprint density at radius 1 is 0.960 bits per heavy atom. The van der Waals surface area contributed by atoms with Crippen molar-refractivity contribution in [2.75, 3.05) is 0 Å². The van der Waals surface area contributed by atoms with Crippen LogP contribution in [0.5, 0.6) is 0 Å². The number of hydrogen-bond acceptors (Lipinski definition) is 5. The topological polar surface area (TPSA) is 71.8 Å². The van der Waals surface area contributed by atoms with E-state index in [0.29, 0.717) is 27.5 Å². The molecule has 0 radical (unpaired) electrons. The first kappa shape index (κ1) is 14.1. The summed E-state index contributed by atoms with van der Waals surface area (Å²) in [6, 6.07) is 17.3. The molecule has 25 heavy (non-hydrogen) atoms. The quantitative estimate of drug-likeness (QED) is 0.513. The van der Waals surface area contributed by atoms with Crippen LogP contribution in [0.2, 0.25) is 0 Å². The van der Waals surface area contributed by atoms with Crippen LogP contribution in [0.1, 0.15) is 0 Å². The smallest absolute Gasteiger partial charge is 0.264 e. The van der Waals surface area contributed by atoms with Gasteiger partial charge in [-0.1, -0.05) is 42.5 Å². The summed E-state index contributed by atoms with van der Waals surface area (Å²) < 4.78 is 5.71. The van der Waals surface area contributed by atoms with Gasteiger partial charge < -0.3 is 9.40 Å². The number of fused-ring (bicyclic) bond motifs is 2. The Balaban J connectivity index is 1.71. The highest BCUT2D eigenvalue weighted by Crippen LogP contribution is 2.31. The van der Waals surface area contributed by atoms with Crippen molar-refractivity contribution in [3.05, 3.63) is 70.3 Å². The minimum absolute atomic E-state index is 0.192. The monoisotopic (exact) mass is 345 g/mol. The van der Waals surface area contributed by atoms with Crippen molar-refractivity contribution in [3.8, 4) is 22.8 Å². The van der Waals surface area contributed by atoms with Gasteiger partial charge in [-0.2, -0.15) is 0 Å². The molecule has 3 heterocycles. The Kier molecular flexibility index (Phi) is 3.05. The summed E-state index contributed by atoms with van der Waals surface area (Å²) in [7, 11) is 0. The van der Waals surface area contributed by atoms with Crippen LogP contribution in [-0.2, 0) is 0 Å². The number of H-pyrrole nitrogens is 1. The molecule has 0 saturated heterocycles. The summed E-state index contributed by atoms with van der Waals surface area (Å²) in [6.07, 6.45) is 0. The molecule has 0 atom stereocenters. The Bertz CT molecular complexity index is 1240. The van der Waals surface area contributed by atoms with Gasteiger partial charge in [0.05, 0.1) is 5.39 Å². The Hall–Kier alpha value is -3.25. The van der Waals surface area contributed by atoms with Crippen molar-refractivity contribution in [3.63, 3.8) is 0 Å². The predicted molar refractivity (Wildman–Crippen MR) is 98.7 cm³/mol. The molecule has 0 unspecified atom stereocenters. The molecule has 1 N–H and O–H groups in total. The number of nitrogens with zero attached hydrogens (tertiary/aromatic N) is 2. The number of nitrogens with one attached hydrogen (secondary N) is 1. The molecule has 2 aromatic carbocycles. The van der Waals surface area contributed by atoms with Gasteiger partial charge in [-0.25, -0.2) is 9.97 Å². The van der Waals surface area contributed by atoms with Crippen LogP contribution in [0.25, 0.3) is 44.2 Å². The third-order valence-corrected chi connectivity index (χ3v) is 4.90. The molecule has 5 rings (SSSR count). The van der Waals surface area contributed by atoms with Gasteiger partial charge in [0.25, 0.3) is 11.4 Å². The summed E-state index contributed by atoms with van der Waals surface area (Å²) in [4.78, 5) is 25.1. The van der Waals surface area contributed by atoms with Gasteiger partial charge in [0, 0.05) is 10.9 Å². The van der Waals surface area contributed by atoms with E-state index < -0.39 is 0 Å². The lowest BCUT2D eigenvalue weighted by Gasteiger charge is -1.99. The largest absolute Gasteiger partial charge is 0.434 e. The van der Waals surface area contributed by atoms with E-state index in [2.05, 4.69) is 15.0 Å². The van der Waals surface area contributed by atoms with Gasteiger partial charge >= 0.3 is 0 Å². The molecular formula is C19H11N3O2S. The molecule has 5 aromatic rings. The van der Waals surface area contributed by atoms with E-state index in [4.69, 9.17) is 4.42 Å². The molecular weight excluding hydrogens is 334 g/mol. The van der Waals surface area contributed by atoms with Crippen LogP contribution < -0.4 is 5.56 Å². The van der Waals surface area contributed by atoms with Gasteiger partial charge in [0.2, 0.25) is 0 Å². The highest BCUT2D eigenvalue weighted by molar-refractivity contribution is 7.17. The third kappa shape index (κ3) is 2.27. The summed E-state index contributed by atoms with van der Waals surface area (Å²) in [5.74, 6) is 0.657. The lowest BCUT2D eigenvalue weighted by molar-refractivity contribution is 0.613. The van der Waals surface area contributed by atoms with Crippen molar-refractivity contribution in [1.82, 2.24) is 15.0 Å². The predicted octanol–water partition coefficient (Wildman–Crippen LogP) is 4.46. The van der Waals surface area contributed by atoms with Crippen LogP contribution in [0.4, 0.5) is 0 Å². The second-order valence-electron chi connectivity index (χ2n) is 5.60. The highest BCUT2D eigenvalue weighted by atomic mass is 32.1. The fourth-order valence-electron chi connectivity index (χ4n) is 2.85. The van der Waals surface area contributed by atoms with Crippen molar-refractivity contribution < 1.29 is 4.42 Å². The number of aromatic amines is 1. The minimum atomic E-state index is -0.192. The van der Waals surface area contributed by atoms with Gasteiger partial charge in [-0.3, -0.25) is 4.79 Å². The van der Waals surface area contributed by atoms with Crippen molar-refractivity contribution in [2.45, 2.75) is 0 Å². The summed E-state index contributed by atoms with van der Waals surface area (Å²) in [5.41, 5.74) is 3.09. The SMILES string of the molecule is O=c1[nH]c(-c2nc3ccccc3o2)nc2scc(-c3ccccc3)c12. The standard InChI is InChI=1S/C19H11N3O2S/c23-17-15-12(11-6-2-1-3-7-11)10-25-19(15)22-16(21-17)18-20-13-8-4-5-9-14(13)24-18/h1-10H,(H,21,22,23). The highest BCUT2D eigenvalue weighted by Gasteiger charge is 2.16. The van der Waals surface area contributed by atoms with Crippen LogP contribution in [0, 0.1) is 0 Å².